The molecule has 3 aliphatic heterocycles. The molecule has 3 heterocycles. The van der Waals surface area contributed by atoms with Crippen molar-refractivity contribution >= 4 is 23.3 Å². The van der Waals surface area contributed by atoms with Crippen LogP contribution in [0.5, 0.6) is 0 Å². The highest BCUT2D eigenvalue weighted by atomic mass is 16.5. The summed E-state index contributed by atoms with van der Waals surface area (Å²) in [6.45, 7) is 9.28. The molecule has 240 valence electrons. The van der Waals surface area contributed by atoms with Crippen LogP contribution in [0.1, 0.15) is 68.3 Å². The molecule has 0 spiro atoms. The third-order valence-electron chi connectivity index (χ3n) is 9.43. The summed E-state index contributed by atoms with van der Waals surface area (Å²) in [6.07, 6.45) is 8.49. The van der Waals surface area contributed by atoms with Crippen molar-refractivity contribution in [1.82, 2.24) is 4.90 Å². The van der Waals surface area contributed by atoms with E-state index in [1.165, 1.54) is 24.8 Å². The van der Waals surface area contributed by atoms with Crippen LogP contribution in [0.4, 0.5) is 11.4 Å². The van der Waals surface area contributed by atoms with Crippen molar-refractivity contribution in [2.45, 2.75) is 77.2 Å². The number of ether oxygens (including phenoxy) is 2. The summed E-state index contributed by atoms with van der Waals surface area (Å²) in [4.78, 5) is 30.7. The molecule has 46 heavy (non-hydrogen) atoms. The van der Waals surface area contributed by atoms with Crippen LogP contribution in [0, 0.1) is 0 Å². The minimum absolute atomic E-state index is 0.183. The summed E-state index contributed by atoms with van der Waals surface area (Å²) in [5.41, 5.74) is 5.27. The maximum Gasteiger partial charge on any atom is 0.337 e. The fourth-order valence-electron chi connectivity index (χ4n) is 7.11. The van der Waals surface area contributed by atoms with Gasteiger partial charge in [-0.2, -0.15) is 0 Å². The molecule has 7 heteroatoms. The molecule has 7 nitrogen and oxygen atoms in total. The van der Waals surface area contributed by atoms with Gasteiger partial charge in [-0.15, -0.1) is 0 Å². The third-order valence-corrected chi connectivity index (χ3v) is 9.43. The van der Waals surface area contributed by atoms with Gasteiger partial charge in [0, 0.05) is 17.9 Å². The zero-order chi connectivity index (χ0) is 32.1. The van der Waals surface area contributed by atoms with E-state index in [2.05, 4.69) is 53.6 Å². The number of benzene rings is 3. The monoisotopic (exact) mass is 619 g/mol. The standard InChI is InChI=1S/C39H45N3O4/c1-4-28-14-13-15-29(5-2)35(28)41-37(43)33-32-22-23-39(46-32,34(33)38(44)45-6-3)36(40-31-16-9-7-10-17-31)30-20-18-27(19-21-30)26-42-24-11-8-12-25-42/h7,9-10,13-23,32,36,40H,4-6,8,11-12,24-26H2,1-3H3,(H,41,43)/t32-,36-,39+/m0/s1. The predicted octanol–water partition coefficient (Wildman–Crippen LogP) is 7.16. The summed E-state index contributed by atoms with van der Waals surface area (Å²) < 4.78 is 12.4. The molecule has 2 N–H and O–H groups in total. The highest BCUT2D eigenvalue weighted by molar-refractivity contribution is 6.13. The number of hydrogen-bond donors (Lipinski definition) is 2. The zero-order valence-corrected chi connectivity index (χ0v) is 27.2. The van der Waals surface area contributed by atoms with E-state index in [1.807, 2.05) is 60.7 Å². The Balaban J connectivity index is 1.41. The lowest BCUT2D eigenvalue weighted by Gasteiger charge is -2.36. The number of carbonyl (C=O) groups is 2. The quantitative estimate of drug-likeness (QED) is 0.166. The molecule has 0 aliphatic carbocycles. The molecule has 0 radical (unpaired) electrons. The number of esters is 1. The lowest BCUT2D eigenvalue weighted by atomic mass is 9.78. The molecule has 3 aromatic rings. The molecule has 1 amide bonds. The molecule has 2 bridgehead atoms. The Morgan fingerprint density at radius 2 is 1.61 bits per heavy atom. The number of likely N-dealkylation sites (tertiary alicyclic amines) is 1. The predicted molar refractivity (Wildman–Crippen MR) is 183 cm³/mol. The molecule has 0 saturated carbocycles. The Morgan fingerprint density at radius 3 is 2.26 bits per heavy atom. The molecule has 3 aromatic carbocycles. The van der Waals surface area contributed by atoms with Crippen molar-refractivity contribution in [2.75, 3.05) is 30.3 Å². The normalized spacial score (nSPS) is 21.3. The lowest BCUT2D eigenvalue weighted by Crippen LogP contribution is -2.42. The van der Waals surface area contributed by atoms with Crippen molar-refractivity contribution in [2.24, 2.45) is 0 Å². The van der Waals surface area contributed by atoms with Crippen LogP contribution in [-0.4, -0.2) is 48.2 Å². The Hall–Kier alpha value is -4.20. The number of fused-ring (bicyclic) bond motifs is 2. The largest absolute Gasteiger partial charge is 0.463 e. The lowest BCUT2D eigenvalue weighted by molar-refractivity contribution is -0.140. The van der Waals surface area contributed by atoms with E-state index < -0.39 is 23.7 Å². The van der Waals surface area contributed by atoms with Crippen LogP contribution < -0.4 is 10.6 Å². The van der Waals surface area contributed by atoms with Crippen LogP contribution in [0.3, 0.4) is 0 Å². The van der Waals surface area contributed by atoms with Crippen molar-refractivity contribution in [3.8, 4) is 0 Å². The number of hydrogen-bond acceptors (Lipinski definition) is 6. The number of amides is 1. The van der Waals surface area contributed by atoms with E-state index in [9.17, 15) is 9.59 Å². The van der Waals surface area contributed by atoms with Crippen LogP contribution in [-0.2, 0) is 38.4 Å². The van der Waals surface area contributed by atoms with Gasteiger partial charge in [-0.1, -0.05) is 87.0 Å². The smallest absolute Gasteiger partial charge is 0.337 e. The van der Waals surface area contributed by atoms with Crippen LogP contribution >= 0.6 is 0 Å². The molecular formula is C39H45N3O4. The van der Waals surface area contributed by atoms with E-state index in [-0.39, 0.29) is 18.1 Å². The fourth-order valence-corrected chi connectivity index (χ4v) is 7.11. The van der Waals surface area contributed by atoms with Crippen LogP contribution in [0.15, 0.2) is 96.1 Å². The number of para-hydroxylation sites is 2. The van der Waals surface area contributed by atoms with Gasteiger partial charge < -0.3 is 20.1 Å². The van der Waals surface area contributed by atoms with Gasteiger partial charge in [0.25, 0.3) is 5.91 Å². The average Bonchev–Trinajstić information content (AvgIpc) is 3.67. The van der Waals surface area contributed by atoms with E-state index in [4.69, 9.17) is 9.47 Å². The van der Waals surface area contributed by atoms with E-state index in [0.717, 1.165) is 60.5 Å². The zero-order valence-electron chi connectivity index (χ0n) is 27.2. The second-order valence-corrected chi connectivity index (χ2v) is 12.3. The molecule has 6 rings (SSSR count). The summed E-state index contributed by atoms with van der Waals surface area (Å²) in [6, 6.07) is 24.0. The second-order valence-electron chi connectivity index (χ2n) is 12.3. The van der Waals surface area contributed by atoms with Gasteiger partial charge in [-0.25, -0.2) is 4.79 Å². The molecule has 3 aliphatic rings. The van der Waals surface area contributed by atoms with E-state index >= 15 is 0 Å². The number of piperidine rings is 1. The first-order valence-electron chi connectivity index (χ1n) is 16.8. The third kappa shape index (κ3) is 6.26. The van der Waals surface area contributed by atoms with Crippen molar-refractivity contribution < 1.29 is 19.1 Å². The first kappa shape index (κ1) is 31.8. The minimum Gasteiger partial charge on any atom is -0.463 e. The molecule has 0 aromatic heterocycles. The Morgan fingerprint density at radius 1 is 0.913 bits per heavy atom. The maximum absolute atomic E-state index is 14.2. The molecule has 3 atom stereocenters. The number of carbonyl (C=O) groups excluding carboxylic acids is 2. The Kier molecular flexibility index (Phi) is 9.71. The Labute approximate surface area is 272 Å². The second kappa shape index (κ2) is 14.1. The number of nitrogens with zero attached hydrogens (tertiary/aromatic N) is 1. The average molecular weight is 620 g/mol. The maximum atomic E-state index is 14.2. The summed E-state index contributed by atoms with van der Waals surface area (Å²) in [7, 11) is 0. The molecular weight excluding hydrogens is 574 g/mol. The van der Waals surface area contributed by atoms with Gasteiger partial charge in [-0.3, -0.25) is 9.69 Å². The first-order chi connectivity index (χ1) is 22.5. The molecule has 0 unspecified atom stereocenters. The number of anilines is 2. The van der Waals surface area contributed by atoms with E-state index in [0.29, 0.717) is 5.57 Å². The highest BCUT2D eigenvalue weighted by Crippen LogP contribution is 2.51. The van der Waals surface area contributed by atoms with Crippen molar-refractivity contribution in [3.63, 3.8) is 0 Å². The van der Waals surface area contributed by atoms with Gasteiger partial charge >= 0.3 is 5.97 Å². The minimum atomic E-state index is -1.26. The number of aryl methyl sites for hydroxylation is 2. The first-order valence-corrected chi connectivity index (χ1v) is 16.8. The van der Waals surface area contributed by atoms with Gasteiger partial charge in [0.2, 0.25) is 0 Å². The van der Waals surface area contributed by atoms with Crippen molar-refractivity contribution in [1.29, 1.82) is 0 Å². The van der Waals surface area contributed by atoms with Gasteiger partial charge in [0.1, 0.15) is 11.7 Å². The SMILES string of the molecule is CCOC(=O)C1=C(C(=O)Nc2c(CC)cccc2CC)[C@@H]2C=C[C@@]1([C@@H](Nc1ccccc1)c1ccc(CN3CCCCC3)cc1)O2. The summed E-state index contributed by atoms with van der Waals surface area (Å²) in [5.74, 6) is -0.884. The topological polar surface area (TPSA) is 79.9 Å². The summed E-state index contributed by atoms with van der Waals surface area (Å²) in [5, 5.41) is 6.85. The van der Waals surface area contributed by atoms with Gasteiger partial charge in [0.05, 0.1) is 23.8 Å². The molecule has 1 fully saturated rings. The number of nitrogens with one attached hydrogen (secondary N) is 2. The fraction of sp³-hybridized carbons (Fsp3) is 0.385. The van der Waals surface area contributed by atoms with Crippen LogP contribution in [0.25, 0.3) is 0 Å². The Bertz CT molecular complexity index is 1590. The summed E-state index contributed by atoms with van der Waals surface area (Å²) >= 11 is 0. The number of rotatable bonds is 12. The van der Waals surface area contributed by atoms with Crippen molar-refractivity contribution in [3.05, 3.63) is 118 Å². The van der Waals surface area contributed by atoms with Crippen LogP contribution in [0.2, 0.25) is 0 Å². The van der Waals surface area contributed by atoms with Gasteiger partial charge in [-0.05, 0) is 86.2 Å². The molecule has 1 saturated heterocycles. The highest BCUT2D eigenvalue weighted by Gasteiger charge is 2.58. The van der Waals surface area contributed by atoms with Gasteiger partial charge in [0.15, 0.2) is 0 Å². The van der Waals surface area contributed by atoms with E-state index in [1.54, 1.807) is 6.92 Å².